The molecular formula is C7H9Cl2N3S. The van der Waals surface area contributed by atoms with Crippen LogP contribution in [0.25, 0.3) is 0 Å². The second-order valence-electron chi connectivity index (χ2n) is 3.17. The molecule has 1 unspecified atom stereocenters. The highest BCUT2D eigenvalue weighted by Gasteiger charge is 2.51. The highest BCUT2D eigenvalue weighted by atomic mass is 35.5. The first-order valence-corrected chi connectivity index (χ1v) is 5.57. The van der Waals surface area contributed by atoms with Gasteiger partial charge in [0.2, 0.25) is 5.13 Å². The summed E-state index contributed by atoms with van der Waals surface area (Å²) in [6.45, 7) is 2.70. The number of nitrogens with one attached hydrogen (secondary N) is 1. The summed E-state index contributed by atoms with van der Waals surface area (Å²) in [6, 6.07) is 0. The molecule has 0 aliphatic heterocycles. The van der Waals surface area contributed by atoms with E-state index in [-0.39, 0.29) is 0 Å². The molecule has 13 heavy (non-hydrogen) atoms. The average Bonchev–Trinajstić information content (AvgIpc) is 2.45. The molecule has 1 saturated carbocycles. The van der Waals surface area contributed by atoms with Gasteiger partial charge in [-0.2, -0.15) is 0 Å². The molecule has 6 heteroatoms. The Kier molecular flexibility index (Phi) is 2.38. The summed E-state index contributed by atoms with van der Waals surface area (Å²) >= 11 is 13.3. The molecule has 1 N–H and O–H groups in total. The lowest BCUT2D eigenvalue weighted by molar-refractivity contribution is 0.868. The number of halogens is 2. The van der Waals surface area contributed by atoms with Crippen molar-refractivity contribution in [3.8, 4) is 0 Å². The van der Waals surface area contributed by atoms with Crippen molar-refractivity contribution in [1.82, 2.24) is 10.2 Å². The van der Waals surface area contributed by atoms with Crippen LogP contribution in [0.3, 0.4) is 0 Å². The number of nitrogens with zero attached hydrogens (tertiary/aromatic N) is 2. The molecule has 1 aliphatic rings. The van der Waals surface area contributed by atoms with Crippen LogP contribution in [0.1, 0.15) is 11.4 Å². The molecule has 1 atom stereocenters. The zero-order chi connectivity index (χ0) is 9.47. The molecule has 1 fully saturated rings. The van der Waals surface area contributed by atoms with Crippen LogP contribution in [0, 0.1) is 12.8 Å². The standard InChI is InChI=1S/C7H9Cl2N3S/c1-4-11-12-6(13-4)10-3-5-2-7(5,8)9/h5H,2-3H2,1H3,(H,10,12). The third kappa shape index (κ3) is 2.24. The SMILES string of the molecule is Cc1nnc(NCC2CC2(Cl)Cl)s1. The van der Waals surface area contributed by atoms with Gasteiger partial charge in [0.1, 0.15) is 9.34 Å². The molecule has 1 aliphatic carbocycles. The van der Waals surface area contributed by atoms with Gasteiger partial charge in [-0.3, -0.25) is 0 Å². The van der Waals surface area contributed by atoms with Crippen LogP contribution >= 0.6 is 34.5 Å². The van der Waals surface area contributed by atoms with Gasteiger partial charge in [0.15, 0.2) is 0 Å². The van der Waals surface area contributed by atoms with E-state index in [1.165, 1.54) is 11.3 Å². The third-order valence-corrected chi connectivity index (χ3v) is 3.70. The lowest BCUT2D eigenvalue weighted by Crippen LogP contribution is -2.07. The molecule has 3 nitrogen and oxygen atoms in total. The topological polar surface area (TPSA) is 37.8 Å². The van der Waals surface area contributed by atoms with Crippen LogP contribution in [0.2, 0.25) is 0 Å². The lowest BCUT2D eigenvalue weighted by atomic mass is 10.4. The van der Waals surface area contributed by atoms with E-state index in [0.717, 1.165) is 23.1 Å². The highest BCUT2D eigenvalue weighted by molar-refractivity contribution is 7.15. The minimum Gasteiger partial charge on any atom is -0.360 e. The van der Waals surface area contributed by atoms with Gasteiger partial charge in [-0.05, 0) is 13.3 Å². The number of rotatable bonds is 3. The van der Waals surface area contributed by atoms with E-state index < -0.39 is 4.33 Å². The summed E-state index contributed by atoms with van der Waals surface area (Å²) in [4.78, 5) is 0. The molecule has 1 aromatic heterocycles. The van der Waals surface area contributed by atoms with E-state index in [9.17, 15) is 0 Å². The van der Waals surface area contributed by atoms with Crippen LogP contribution in [-0.4, -0.2) is 21.1 Å². The Morgan fingerprint density at radius 3 is 2.77 bits per heavy atom. The van der Waals surface area contributed by atoms with E-state index in [0.29, 0.717) is 5.92 Å². The maximum absolute atomic E-state index is 5.87. The van der Waals surface area contributed by atoms with E-state index in [1.807, 2.05) is 6.92 Å². The molecule has 2 rings (SSSR count). The van der Waals surface area contributed by atoms with Crippen molar-refractivity contribution in [2.45, 2.75) is 17.7 Å². The molecular weight excluding hydrogens is 229 g/mol. The normalized spacial score (nSPS) is 24.4. The van der Waals surface area contributed by atoms with Gasteiger partial charge < -0.3 is 5.32 Å². The summed E-state index contributed by atoms with van der Waals surface area (Å²) in [5.74, 6) is 0.347. The number of aromatic nitrogens is 2. The van der Waals surface area contributed by atoms with Crippen molar-refractivity contribution >= 4 is 39.7 Å². The molecule has 0 radical (unpaired) electrons. The van der Waals surface area contributed by atoms with Crippen LogP contribution in [0.4, 0.5) is 5.13 Å². The summed E-state index contributed by atoms with van der Waals surface area (Å²) < 4.78 is -0.507. The molecule has 0 saturated heterocycles. The first-order chi connectivity index (χ1) is 6.08. The van der Waals surface area contributed by atoms with Gasteiger partial charge in [-0.1, -0.05) is 11.3 Å². The minimum atomic E-state index is -0.507. The van der Waals surface area contributed by atoms with Gasteiger partial charge >= 0.3 is 0 Å². The smallest absolute Gasteiger partial charge is 0.205 e. The molecule has 0 amide bonds. The average molecular weight is 238 g/mol. The molecule has 0 bridgehead atoms. The Bertz CT molecular complexity index is 312. The van der Waals surface area contributed by atoms with Gasteiger partial charge in [-0.15, -0.1) is 33.4 Å². The minimum absolute atomic E-state index is 0.347. The highest BCUT2D eigenvalue weighted by Crippen LogP contribution is 2.52. The second kappa shape index (κ2) is 3.26. The first kappa shape index (κ1) is 9.49. The van der Waals surface area contributed by atoms with Crippen molar-refractivity contribution in [2.75, 3.05) is 11.9 Å². The van der Waals surface area contributed by atoms with E-state index >= 15 is 0 Å². The number of anilines is 1. The van der Waals surface area contributed by atoms with E-state index in [4.69, 9.17) is 23.2 Å². The van der Waals surface area contributed by atoms with Crippen molar-refractivity contribution < 1.29 is 0 Å². The summed E-state index contributed by atoms with van der Waals surface area (Å²) in [7, 11) is 0. The third-order valence-electron chi connectivity index (χ3n) is 1.98. The quantitative estimate of drug-likeness (QED) is 0.822. The van der Waals surface area contributed by atoms with Crippen molar-refractivity contribution in [1.29, 1.82) is 0 Å². The molecule has 0 spiro atoms. The van der Waals surface area contributed by atoms with Crippen LogP contribution in [0.5, 0.6) is 0 Å². The molecule has 1 aromatic rings. The first-order valence-electron chi connectivity index (χ1n) is 4.00. The zero-order valence-electron chi connectivity index (χ0n) is 7.05. The Balaban J connectivity index is 1.81. The largest absolute Gasteiger partial charge is 0.360 e. The van der Waals surface area contributed by atoms with Gasteiger partial charge in [-0.25, -0.2) is 0 Å². The van der Waals surface area contributed by atoms with Gasteiger partial charge in [0, 0.05) is 12.5 Å². The van der Waals surface area contributed by atoms with Crippen LogP contribution < -0.4 is 5.32 Å². The number of alkyl halides is 2. The fraction of sp³-hybridized carbons (Fsp3) is 0.714. The van der Waals surface area contributed by atoms with E-state index in [1.54, 1.807) is 0 Å². The van der Waals surface area contributed by atoms with Crippen LogP contribution in [0.15, 0.2) is 0 Å². The fourth-order valence-electron chi connectivity index (χ4n) is 1.07. The maximum atomic E-state index is 5.87. The van der Waals surface area contributed by atoms with E-state index in [2.05, 4.69) is 15.5 Å². The van der Waals surface area contributed by atoms with Crippen LogP contribution in [-0.2, 0) is 0 Å². The zero-order valence-corrected chi connectivity index (χ0v) is 9.38. The van der Waals surface area contributed by atoms with Gasteiger partial charge in [0.05, 0.1) is 0 Å². The predicted molar refractivity (Wildman–Crippen MR) is 55.7 cm³/mol. The Morgan fingerprint density at radius 1 is 1.62 bits per heavy atom. The maximum Gasteiger partial charge on any atom is 0.205 e. The summed E-state index contributed by atoms with van der Waals surface area (Å²) in [5, 5.41) is 12.8. The fourth-order valence-corrected chi connectivity index (χ4v) is 2.20. The molecule has 0 aromatic carbocycles. The van der Waals surface area contributed by atoms with Crippen molar-refractivity contribution in [3.05, 3.63) is 5.01 Å². The molecule has 1 heterocycles. The molecule has 72 valence electrons. The number of aryl methyl sites for hydroxylation is 1. The predicted octanol–water partition coefficient (Wildman–Crippen LogP) is 2.45. The summed E-state index contributed by atoms with van der Waals surface area (Å²) in [6.07, 6.45) is 0.862. The Morgan fingerprint density at radius 2 is 2.31 bits per heavy atom. The number of hydrogen-bond donors (Lipinski definition) is 1. The number of hydrogen-bond acceptors (Lipinski definition) is 4. The lowest BCUT2D eigenvalue weighted by Gasteiger charge is -2.00. The van der Waals surface area contributed by atoms with Crippen molar-refractivity contribution in [3.63, 3.8) is 0 Å². The summed E-state index contributed by atoms with van der Waals surface area (Å²) in [5.41, 5.74) is 0. The second-order valence-corrected chi connectivity index (χ2v) is 5.89. The van der Waals surface area contributed by atoms with Crippen molar-refractivity contribution in [2.24, 2.45) is 5.92 Å². The Hall–Kier alpha value is -0.0600. The Labute approximate surface area is 90.5 Å². The monoisotopic (exact) mass is 237 g/mol. The van der Waals surface area contributed by atoms with Gasteiger partial charge in [0.25, 0.3) is 0 Å².